The third kappa shape index (κ3) is 4.86. The van der Waals surface area contributed by atoms with Gasteiger partial charge >= 0.3 is 6.09 Å². The van der Waals surface area contributed by atoms with E-state index in [4.69, 9.17) is 21.1 Å². The van der Waals surface area contributed by atoms with E-state index in [2.05, 4.69) is 16.0 Å². The third-order valence-electron chi connectivity index (χ3n) is 4.36. The molecule has 0 unspecified atom stereocenters. The number of hydrogen-bond donors (Lipinski definition) is 0. The molecule has 0 aliphatic carbocycles. The number of fused-ring (bicyclic) bond motifs is 1. The largest absolute Gasteiger partial charge is 0.496 e. The van der Waals surface area contributed by atoms with Gasteiger partial charge in [0.25, 0.3) is 0 Å². The number of benzene rings is 1. The highest BCUT2D eigenvalue weighted by Crippen LogP contribution is 2.31. The molecule has 0 bridgehead atoms. The number of nitriles is 1. The molecule has 31 heavy (non-hydrogen) atoms. The molecule has 8 nitrogen and oxygen atoms in total. The first-order valence-electron chi connectivity index (χ1n) is 9.38. The van der Waals surface area contributed by atoms with E-state index >= 15 is 0 Å². The summed E-state index contributed by atoms with van der Waals surface area (Å²) in [7, 11) is 1.47. The summed E-state index contributed by atoms with van der Waals surface area (Å²) >= 11 is 5.96. The van der Waals surface area contributed by atoms with Crippen LogP contribution in [-0.2, 0) is 11.3 Å². The van der Waals surface area contributed by atoms with Crippen LogP contribution in [0.5, 0.6) is 5.75 Å². The van der Waals surface area contributed by atoms with Gasteiger partial charge in [0.15, 0.2) is 0 Å². The van der Waals surface area contributed by atoms with Crippen LogP contribution in [-0.4, -0.2) is 39.9 Å². The van der Waals surface area contributed by atoms with Crippen molar-refractivity contribution in [1.29, 1.82) is 5.26 Å². The van der Waals surface area contributed by atoms with E-state index in [1.165, 1.54) is 41.1 Å². The fraction of sp³-hybridized carbons (Fsp3) is 0.333. The zero-order valence-electron chi connectivity index (χ0n) is 17.5. The first-order chi connectivity index (χ1) is 14.6. The summed E-state index contributed by atoms with van der Waals surface area (Å²) in [6, 6.07) is 7.81. The van der Waals surface area contributed by atoms with E-state index in [0.29, 0.717) is 11.1 Å². The quantitative estimate of drug-likeness (QED) is 0.535. The molecule has 0 aliphatic rings. The molecule has 10 heteroatoms. The number of hydrogen-bond acceptors (Lipinski definition) is 6. The van der Waals surface area contributed by atoms with Crippen LogP contribution in [0.3, 0.4) is 0 Å². The number of rotatable bonds is 5. The fourth-order valence-electron chi connectivity index (χ4n) is 3.10. The normalized spacial score (nSPS) is 11.3. The van der Waals surface area contributed by atoms with Gasteiger partial charge in [-0.25, -0.2) is 19.2 Å². The number of halogens is 2. The van der Waals surface area contributed by atoms with E-state index in [9.17, 15) is 14.4 Å². The highest BCUT2D eigenvalue weighted by molar-refractivity contribution is 6.29. The minimum atomic E-state index is -0.746. The molecule has 2 heterocycles. The molecule has 0 N–H and O–H groups in total. The predicted octanol–water partition coefficient (Wildman–Crippen LogP) is 4.55. The molecule has 1 aromatic carbocycles. The Hall–Kier alpha value is -3.38. The zero-order valence-corrected chi connectivity index (χ0v) is 18.3. The number of amides is 1. The van der Waals surface area contributed by atoms with Crippen molar-refractivity contribution in [3.63, 3.8) is 0 Å². The lowest BCUT2D eigenvalue weighted by Crippen LogP contribution is -2.39. The first kappa shape index (κ1) is 22.3. The molecule has 0 spiro atoms. The average molecular weight is 446 g/mol. The lowest BCUT2D eigenvalue weighted by atomic mass is 10.2. The summed E-state index contributed by atoms with van der Waals surface area (Å²) in [4.78, 5) is 22.0. The third-order valence-corrected chi connectivity index (χ3v) is 4.57. The van der Waals surface area contributed by atoms with Gasteiger partial charge in [-0.3, -0.25) is 4.90 Å². The summed E-state index contributed by atoms with van der Waals surface area (Å²) < 4.78 is 26.9. The van der Waals surface area contributed by atoms with Crippen molar-refractivity contribution in [1.82, 2.24) is 14.5 Å². The molecule has 0 saturated heterocycles. The molecule has 0 saturated carbocycles. The Morgan fingerprint density at radius 2 is 2.06 bits per heavy atom. The molecule has 0 atom stereocenters. The van der Waals surface area contributed by atoms with Gasteiger partial charge in [0.1, 0.15) is 46.2 Å². The summed E-state index contributed by atoms with van der Waals surface area (Å²) in [5, 5.41) is 10.2. The number of methoxy groups -OCH3 is 1. The highest BCUT2D eigenvalue weighted by atomic mass is 35.5. The number of carbonyl (C=O) groups excluding carboxylic acids is 1. The van der Waals surface area contributed by atoms with E-state index in [1.807, 2.05) is 0 Å². The summed E-state index contributed by atoms with van der Waals surface area (Å²) in [5.41, 5.74) is -0.312. The van der Waals surface area contributed by atoms with Crippen LogP contribution < -0.4 is 9.64 Å². The van der Waals surface area contributed by atoms with Crippen LogP contribution in [0.15, 0.2) is 30.6 Å². The number of carbonyl (C=O) groups is 1. The SMILES string of the molecule is COc1ccc(F)c2c1cc(C#N)n2CCN(C(=O)OC(C)(C)C)c1cc(Cl)ncn1. The summed E-state index contributed by atoms with van der Waals surface area (Å²) in [6.45, 7) is 5.36. The van der Waals surface area contributed by atoms with Gasteiger partial charge in [0.2, 0.25) is 0 Å². The highest BCUT2D eigenvalue weighted by Gasteiger charge is 2.25. The Balaban J connectivity index is 2.01. The molecule has 0 aliphatic heterocycles. The molecule has 0 radical (unpaired) electrons. The molecule has 162 valence electrons. The van der Waals surface area contributed by atoms with Crippen LogP contribution in [0.25, 0.3) is 10.9 Å². The van der Waals surface area contributed by atoms with E-state index in [-0.39, 0.29) is 35.3 Å². The van der Waals surface area contributed by atoms with Crippen molar-refractivity contribution in [2.45, 2.75) is 32.9 Å². The van der Waals surface area contributed by atoms with Crippen molar-refractivity contribution in [2.24, 2.45) is 0 Å². The van der Waals surface area contributed by atoms with Crippen LogP contribution in [0, 0.1) is 17.1 Å². The number of ether oxygens (including phenoxy) is 2. The van der Waals surface area contributed by atoms with Gasteiger partial charge in [-0.1, -0.05) is 11.6 Å². The molecule has 1 amide bonds. The zero-order chi connectivity index (χ0) is 22.8. The van der Waals surface area contributed by atoms with Gasteiger partial charge in [-0.2, -0.15) is 5.26 Å². The van der Waals surface area contributed by atoms with Gasteiger partial charge < -0.3 is 14.0 Å². The Bertz CT molecular complexity index is 1170. The molecule has 3 rings (SSSR count). The van der Waals surface area contributed by atoms with Crippen molar-refractivity contribution in [3.8, 4) is 11.8 Å². The molecular weight excluding hydrogens is 425 g/mol. The van der Waals surface area contributed by atoms with Crippen molar-refractivity contribution in [2.75, 3.05) is 18.6 Å². The van der Waals surface area contributed by atoms with E-state index in [0.717, 1.165) is 0 Å². The standard InChI is InChI=1S/C21H21ClFN5O3/c1-21(2,3)31-20(29)28(18-10-17(22)25-12-26-18)8-7-27-13(11-24)9-14-16(30-4)6-5-15(23)19(14)27/h5-6,9-10,12H,7-8H2,1-4H3. The molecule has 2 aromatic heterocycles. The second-order valence-electron chi connectivity index (χ2n) is 7.64. The smallest absolute Gasteiger partial charge is 0.416 e. The van der Waals surface area contributed by atoms with Crippen LogP contribution >= 0.6 is 11.6 Å². The maximum Gasteiger partial charge on any atom is 0.416 e. The molecule has 0 fully saturated rings. The van der Waals surface area contributed by atoms with Crippen molar-refractivity contribution in [3.05, 3.63) is 47.3 Å². The summed E-state index contributed by atoms with van der Waals surface area (Å²) in [6.07, 6.45) is 0.570. The van der Waals surface area contributed by atoms with Crippen molar-refractivity contribution < 1.29 is 18.7 Å². The van der Waals surface area contributed by atoms with Crippen LogP contribution in [0.4, 0.5) is 15.0 Å². The first-order valence-corrected chi connectivity index (χ1v) is 9.76. The van der Waals surface area contributed by atoms with Gasteiger partial charge in [-0.15, -0.1) is 0 Å². The molecular formula is C21H21ClFN5O3. The number of aromatic nitrogens is 3. The lowest BCUT2D eigenvalue weighted by Gasteiger charge is -2.27. The van der Waals surface area contributed by atoms with E-state index < -0.39 is 17.5 Å². The number of nitrogens with zero attached hydrogens (tertiary/aromatic N) is 5. The Kier molecular flexibility index (Phi) is 6.32. The fourth-order valence-corrected chi connectivity index (χ4v) is 3.24. The maximum absolute atomic E-state index is 14.7. The summed E-state index contributed by atoms with van der Waals surface area (Å²) in [5.74, 6) is 0.159. The minimum Gasteiger partial charge on any atom is -0.496 e. The van der Waals surface area contributed by atoms with E-state index in [1.54, 1.807) is 26.8 Å². The average Bonchev–Trinajstić information content (AvgIpc) is 3.07. The van der Waals surface area contributed by atoms with Crippen LogP contribution in [0.1, 0.15) is 26.5 Å². The van der Waals surface area contributed by atoms with Crippen molar-refractivity contribution >= 4 is 34.4 Å². The Morgan fingerprint density at radius 3 is 2.68 bits per heavy atom. The maximum atomic E-state index is 14.7. The van der Waals surface area contributed by atoms with Crippen LogP contribution in [0.2, 0.25) is 5.15 Å². The monoisotopic (exact) mass is 445 g/mol. The number of anilines is 1. The topological polar surface area (TPSA) is 93.3 Å². The predicted molar refractivity (Wildman–Crippen MR) is 114 cm³/mol. The van der Waals surface area contributed by atoms with Gasteiger partial charge in [0.05, 0.1) is 12.6 Å². The second kappa shape index (κ2) is 8.78. The minimum absolute atomic E-state index is 0.0391. The van der Waals surface area contributed by atoms with Gasteiger partial charge in [0, 0.05) is 24.5 Å². The second-order valence-corrected chi connectivity index (χ2v) is 8.02. The Labute approximate surface area is 183 Å². The molecule has 3 aromatic rings. The van der Waals surface area contributed by atoms with Gasteiger partial charge in [-0.05, 0) is 39.0 Å². The Morgan fingerprint density at radius 1 is 1.32 bits per heavy atom. The lowest BCUT2D eigenvalue weighted by molar-refractivity contribution is 0.0578.